The minimum atomic E-state index is -0.276. The van der Waals surface area contributed by atoms with Crippen molar-refractivity contribution in [2.24, 2.45) is 5.92 Å². The summed E-state index contributed by atoms with van der Waals surface area (Å²) in [5, 5.41) is 2.16. The molecule has 22 heavy (non-hydrogen) atoms. The molecule has 3 atom stereocenters. The first-order chi connectivity index (χ1) is 10.5. The van der Waals surface area contributed by atoms with Gasteiger partial charge in [-0.25, -0.2) is 0 Å². The van der Waals surface area contributed by atoms with E-state index in [2.05, 4.69) is 35.2 Å². The van der Waals surface area contributed by atoms with Gasteiger partial charge in [0.1, 0.15) is 6.17 Å². The number of rotatable bonds is 2. The highest BCUT2D eigenvalue weighted by Gasteiger charge is 2.42. The number of pyridine rings is 1. The van der Waals surface area contributed by atoms with Crippen molar-refractivity contribution in [3.05, 3.63) is 28.2 Å². The van der Waals surface area contributed by atoms with E-state index in [0.717, 1.165) is 12.8 Å². The summed E-state index contributed by atoms with van der Waals surface area (Å²) in [7, 11) is 2.08. The number of hydrogen-bond donors (Lipinski definition) is 0. The molecule has 1 aromatic rings. The summed E-state index contributed by atoms with van der Waals surface area (Å²) >= 11 is 0. The smallest absolute Gasteiger partial charge is 0.278 e. The maximum atomic E-state index is 12.9. The van der Waals surface area contributed by atoms with Gasteiger partial charge in [-0.1, -0.05) is 6.92 Å². The third-order valence-corrected chi connectivity index (χ3v) is 4.72. The molecule has 0 bridgehead atoms. The molecule has 2 aliphatic rings. The molecular formula is C15H22N3O3P. The Bertz CT molecular complexity index is 658. The summed E-state index contributed by atoms with van der Waals surface area (Å²) in [6, 6.07) is 1.65. The maximum absolute atomic E-state index is 12.9. The van der Waals surface area contributed by atoms with Gasteiger partial charge in [-0.2, -0.15) is 0 Å². The summed E-state index contributed by atoms with van der Waals surface area (Å²) in [6.07, 6.45) is 3.75. The van der Waals surface area contributed by atoms with Gasteiger partial charge in [0, 0.05) is 24.8 Å². The molecule has 0 aromatic carbocycles. The van der Waals surface area contributed by atoms with E-state index in [1.54, 1.807) is 10.9 Å². The van der Waals surface area contributed by atoms with Gasteiger partial charge in [-0.15, -0.1) is 0 Å². The fourth-order valence-corrected chi connectivity index (χ4v) is 3.74. The van der Waals surface area contributed by atoms with Crippen LogP contribution in [0.15, 0.2) is 17.1 Å². The molecule has 2 aliphatic heterocycles. The van der Waals surface area contributed by atoms with E-state index < -0.39 is 0 Å². The monoisotopic (exact) mass is 323 g/mol. The van der Waals surface area contributed by atoms with Crippen molar-refractivity contribution < 1.29 is 9.32 Å². The summed E-state index contributed by atoms with van der Waals surface area (Å²) in [5.74, 6) is 0.444. The predicted octanol–water partition coefficient (Wildman–Crippen LogP) is 1.58. The van der Waals surface area contributed by atoms with E-state index in [1.165, 1.54) is 6.07 Å². The molecule has 1 fully saturated rings. The lowest BCUT2D eigenvalue weighted by Crippen LogP contribution is -2.65. The normalized spacial score (nSPS) is 24.3. The second kappa shape index (κ2) is 5.58. The van der Waals surface area contributed by atoms with E-state index in [4.69, 9.17) is 4.52 Å². The Hall–Kier alpha value is -1.55. The molecule has 0 saturated carbocycles. The first-order valence-corrected chi connectivity index (χ1v) is 8.14. The number of aromatic nitrogens is 1. The van der Waals surface area contributed by atoms with Crippen LogP contribution in [-0.4, -0.2) is 34.2 Å². The average Bonchev–Trinajstić information content (AvgIpc) is 2.48. The molecule has 3 rings (SSSR count). The number of fused-ring (bicyclic) bond motifs is 2. The molecule has 0 N–H and O–H groups in total. The van der Waals surface area contributed by atoms with Crippen molar-refractivity contribution in [3.63, 3.8) is 0 Å². The standard InChI is InChI=1S/C15H22N3O3P/c1-9(2)18-12-5-4-10(3)8-16(12)15(20)13-14(21-22)11(19)6-7-17(13)18/h6-7,9-10,12H,4-5,8,22H2,1-3H3/t10-,12-/m1/s1. The highest BCUT2D eigenvalue weighted by atomic mass is 31.0. The number of amides is 1. The van der Waals surface area contributed by atoms with Crippen LogP contribution in [0, 0.1) is 5.92 Å². The maximum Gasteiger partial charge on any atom is 0.278 e. The number of hydrogen-bond acceptors (Lipinski definition) is 4. The van der Waals surface area contributed by atoms with Crippen LogP contribution in [0.2, 0.25) is 0 Å². The molecule has 1 saturated heterocycles. The van der Waals surface area contributed by atoms with Crippen molar-refractivity contribution in [2.75, 3.05) is 11.6 Å². The molecule has 1 aromatic heterocycles. The van der Waals surface area contributed by atoms with Gasteiger partial charge in [0.25, 0.3) is 5.91 Å². The highest BCUT2D eigenvalue weighted by Crippen LogP contribution is 2.32. The Labute approximate surface area is 132 Å². The molecule has 120 valence electrons. The average molecular weight is 323 g/mol. The Morgan fingerprint density at radius 3 is 2.68 bits per heavy atom. The minimum Gasteiger partial charge on any atom is -0.474 e. The summed E-state index contributed by atoms with van der Waals surface area (Å²) < 4.78 is 6.95. The molecule has 3 heterocycles. The Morgan fingerprint density at radius 2 is 2.05 bits per heavy atom. The second-order valence-corrected chi connectivity index (χ2v) is 6.65. The first kappa shape index (κ1) is 15.3. The van der Waals surface area contributed by atoms with Gasteiger partial charge in [-0.05, 0) is 32.6 Å². The lowest BCUT2D eigenvalue weighted by Gasteiger charge is -2.51. The quantitative estimate of drug-likeness (QED) is 0.776. The van der Waals surface area contributed by atoms with Gasteiger partial charge in [0.05, 0.1) is 9.47 Å². The fraction of sp³-hybridized carbons (Fsp3) is 0.600. The number of carbonyl (C=O) groups excluding carboxylic acids is 1. The zero-order chi connectivity index (χ0) is 16.0. The highest BCUT2D eigenvalue weighted by molar-refractivity contribution is 7.10. The molecular weight excluding hydrogens is 301 g/mol. The summed E-state index contributed by atoms with van der Waals surface area (Å²) in [6.45, 7) is 7.05. The lowest BCUT2D eigenvalue weighted by molar-refractivity contribution is 0.0385. The molecule has 7 heteroatoms. The van der Waals surface area contributed by atoms with E-state index in [1.807, 2.05) is 4.90 Å². The Morgan fingerprint density at radius 1 is 1.32 bits per heavy atom. The van der Waals surface area contributed by atoms with E-state index in [-0.39, 0.29) is 29.3 Å². The van der Waals surface area contributed by atoms with Crippen LogP contribution in [0.4, 0.5) is 0 Å². The number of carbonyl (C=O) groups is 1. The number of piperidine rings is 1. The molecule has 1 amide bonds. The van der Waals surface area contributed by atoms with Crippen molar-refractivity contribution in [3.8, 4) is 5.75 Å². The molecule has 0 radical (unpaired) electrons. The van der Waals surface area contributed by atoms with Crippen molar-refractivity contribution in [2.45, 2.75) is 45.8 Å². The van der Waals surface area contributed by atoms with Crippen LogP contribution in [-0.2, 0) is 0 Å². The van der Waals surface area contributed by atoms with Crippen LogP contribution in [0.1, 0.15) is 44.1 Å². The second-order valence-electron chi connectivity index (χ2n) is 6.41. The van der Waals surface area contributed by atoms with Crippen LogP contribution < -0.4 is 15.0 Å². The summed E-state index contributed by atoms with van der Waals surface area (Å²) in [4.78, 5) is 26.9. The lowest BCUT2D eigenvalue weighted by atomic mass is 9.95. The van der Waals surface area contributed by atoms with Crippen LogP contribution in [0.25, 0.3) is 0 Å². The molecule has 6 nitrogen and oxygen atoms in total. The first-order valence-electron chi connectivity index (χ1n) is 7.67. The van der Waals surface area contributed by atoms with Gasteiger partial charge in [0.15, 0.2) is 5.69 Å². The SMILES string of the molecule is CC(C)N1[C@@H]2CC[C@@H](C)CN2C(=O)c2c(OP)c(=O)ccn21. The third-order valence-electron chi connectivity index (χ3n) is 4.49. The van der Waals surface area contributed by atoms with E-state index in [0.29, 0.717) is 18.2 Å². The van der Waals surface area contributed by atoms with Crippen molar-refractivity contribution >= 4 is 15.4 Å². The van der Waals surface area contributed by atoms with Crippen LogP contribution in [0.3, 0.4) is 0 Å². The third kappa shape index (κ3) is 2.21. The predicted molar refractivity (Wildman–Crippen MR) is 87.6 cm³/mol. The zero-order valence-corrected chi connectivity index (χ0v) is 14.3. The van der Waals surface area contributed by atoms with Crippen molar-refractivity contribution in [1.82, 2.24) is 9.58 Å². The van der Waals surface area contributed by atoms with Crippen LogP contribution >= 0.6 is 9.47 Å². The van der Waals surface area contributed by atoms with Gasteiger partial charge in [-0.3, -0.25) is 19.3 Å². The number of nitrogens with zero attached hydrogens (tertiary/aromatic N) is 3. The van der Waals surface area contributed by atoms with E-state index in [9.17, 15) is 9.59 Å². The molecule has 0 spiro atoms. The van der Waals surface area contributed by atoms with Crippen molar-refractivity contribution in [1.29, 1.82) is 0 Å². The molecule has 0 aliphatic carbocycles. The zero-order valence-electron chi connectivity index (χ0n) is 13.2. The Kier molecular flexibility index (Phi) is 3.89. The largest absolute Gasteiger partial charge is 0.474 e. The minimum absolute atomic E-state index is 0.0380. The van der Waals surface area contributed by atoms with E-state index >= 15 is 0 Å². The summed E-state index contributed by atoms with van der Waals surface area (Å²) in [5.41, 5.74) is 0.0448. The van der Waals surface area contributed by atoms with Gasteiger partial charge in [0.2, 0.25) is 11.2 Å². The topological polar surface area (TPSA) is 54.8 Å². The Balaban J connectivity index is 2.21. The van der Waals surface area contributed by atoms with Gasteiger partial charge < -0.3 is 9.42 Å². The van der Waals surface area contributed by atoms with Crippen LogP contribution in [0.5, 0.6) is 5.75 Å². The fourth-order valence-electron chi connectivity index (χ4n) is 3.51. The molecule has 1 unspecified atom stereocenters. The van der Waals surface area contributed by atoms with Gasteiger partial charge >= 0.3 is 0 Å².